The van der Waals surface area contributed by atoms with Crippen LogP contribution in [0, 0.1) is 3.57 Å². The number of phenols is 1. The molecule has 0 aromatic heterocycles. The van der Waals surface area contributed by atoms with Gasteiger partial charge in [0, 0.05) is 24.0 Å². The van der Waals surface area contributed by atoms with Gasteiger partial charge in [0.15, 0.2) is 0 Å². The molecule has 5 heteroatoms. The molecule has 1 aromatic rings. The zero-order valence-electron chi connectivity index (χ0n) is 10.5. The Morgan fingerprint density at radius 3 is 2.67 bits per heavy atom. The van der Waals surface area contributed by atoms with Crippen molar-refractivity contribution in [1.82, 2.24) is 4.90 Å². The van der Waals surface area contributed by atoms with Crippen LogP contribution in [0.3, 0.4) is 0 Å². The van der Waals surface area contributed by atoms with Crippen LogP contribution < -0.4 is 0 Å². The summed E-state index contributed by atoms with van der Waals surface area (Å²) in [5, 5.41) is 9.65. The van der Waals surface area contributed by atoms with Gasteiger partial charge in [-0.1, -0.05) is 0 Å². The van der Waals surface area contributed by atoms with Gasteiger partial charge >= 0.3 is 0 Å². The first kappa shape index (κ1) is 15.6. The zero-order chi connectivity index (χ0) is 13.7. The standard InChI is InChI=1S/C13H17ClINO2/c1-9(2)16(7-3-6-14)13(18)10-4-5-11(15)12(17)8-10/h4-5,8-9,17H,3,6-7H2,1-2H3. The molecule has 0 radical (unpaired) electrons. The summed E-state index contributed by atoms with van der Waals surface area (Å²) in [6.45, 7) is 4.57. The summed E-state index contributed by atoms with van der Waals surface area (Å²) in [7, 11) is 0. The molecule has 0 bridgehead atoms. The second kappa shape index (κ2) is 7.19. The molecule has 1 aromatic carbocycles. The number of aromatic hydroxyl groups is 1. The van der Waals surface area contributed by atoms with Crippen molar-refractivity contribution >= 4 is 40.1 Å². The Bertz CT molecular complexity index is 423. The van der Waals surface area contributed by atoms with E-state index in [1.54, 1.807) is 17.0 Å². The van der Waals surface area contributed by atoms with Gasteiger partial charge in [0.25, 0.3) is 5.91 Å². The van der Waals surface area contributed by atoms with Gasteiger partial charge in [0.2, 0.25) is 0 Å². The van der Waals surface area contributed by atoms with E-state index in [2.05, 4.69) is 0 Å². The second-order valence-electron chi connectivity index (χ2n) is 4.30. The lowest BCUT2D eigenvalue weighted by Gasteiger charge is -2.26. The minimum atomic E-state index is -0.0678. The third-order valence-corrected chi connectivity index (χ3v) is 3.79. The Hall–Kier alpha value is -0.490. The predicted molar refractivity (Wildman–Crippen MR) is 82.3 cm³/mol. The largest absolute Gasteiger partial charge is 0.507 e. The number of rotatable bonds is 5. The van der Waals surface area contributed by atoms with Crippen molar-refractivity contribution in [1.29, 1.82) is 0 Å². The third kappa shape index (κ3) is 4.02. The molecule has 0 saturated heterocycles. The smallest absolute Gasteiger partial charge is 0.254 e. The van der Waals surface area contributed by atoms with Gasteiger partial charge in [-0.15, -0.1) is 11.6 Å². The first-order valence-corrected chi connectivity index (χ1v) is 7.44. The highest BCUT2D eigenvalue weighted by molar-refractivity contribution is 14.1. The number of halogens is 2. The van der Waals surface area contributed by atoms with Crippen molar-refractivity contribution in [3.63, 3.8) is 0 Å². The molecule has 1 N–H and O–H groups in total. The Kier molecular flexibility index (Phi) is 6.21. The zero-order valence-corrected chi connectivity index (χ0v) is 13.4. The number of carbonyl (C=O) groups is 1. The third-order valence-electron chi connectivity index (χ3n) is 2.61. The fourth-order valence-corrected chi connectivity index (χ4v) is 2.09. The maximum Gasteiger partial charge on any atom is 0.254 e. The lowest BCUT2D eigenvalue weighted by Crippen LogP contribution is -2.37. The Balaban J connectivity index is 2.91. The molecule has 100 valence electrons. The SMILES string of the molecule is CC(C)N(CCCCl)C(=O)c1ccc(I)c(O)c1. The molecule has 1 amide bonds. The van der Waals surface area contributed by atoms with Crippen LogP contribution in [0.5, 0.6) is 5.75 Å². The minimum absolute atomic E-state index is 0.0678. The molecule has 0 atom stereocenters. The van der Waals surface area contributed by atoms with Crippen LogP contribution in [0.25, 0.3) is 0 Å². The molecular weight excluding hydrogens is 365 g/mol. The van der Waals surface area contributed by atoms with Crippen molar-refractivity contribution < 1.29 is 9.90 Å². The Labute approximate surface area is 126 Å². The van der Waals surface area contributed by atoms with Crippen LogP contribution in [0.15, 0.2) is 18.2 Å². The Morgan fingerprint density at radius 1 is 1.50 bits per heavy atom. The van der Waals surface area contributed by atoms with E-state index >= 15 is 0 Å². The minimum Gasteiger partial charge on any atom is -0.507 e. The number of phenolic OH excluding ortho intramolecular Hbond substituents is 1. The van der Waals surface area contributed by atoms with E-state index in [4.69, 9.17) is 11.6 Å². The van der Waals surface area contributed by atoms with Gasteiger partial charge < -0.3 is 10.0 Å². The second-order valence-corrected chi connectivity index (χ2v) is 5.84. The lowest BCUT2D eigenvalue weighted by molar-refractivity contribution is 0.0706. The molecule has 1 rings (SSSR count). The van der Waals surface area contributed by atoms with Crippen molar-refractivity contribution in [2.24, 2.45) is 0 Å². The molecular formula is C13H17ClINO2. The van der Waals surface area contributed by atoms with E-state index in [9.17, 15) is 9.90 Å². The molecule has 0 aliphatic heterocycles. The fraction of sp³-hybridized carbons (Fsp3) is 0.462. The van der Waals surface area contributed by atoms with Gasteiger partial charge in [-0.3, -0.25) is 4.79 Å². The topological polar surface area (TPSA) is 40.5 Å². The summed E-state index contributed by atoms with van der Waals surface area (Å²) in [5.41, 5.74) is 0.510. The molecule has 0 saturated carbocycles. The van der Waals surface area contributed by atoms with E-state index in [0.717, 1.165) is 9.99 Å². The monoisotopic (exact) mass is 381 g/mol. The van der Waals surface area contributed by atoms with E-state index in [0.29, 0.717) is 18.0 Å². The molecule has 0 fully saturated rings. The average Bonchev–Trinajstić information content (AvgIpc) is 2.32. The lowest BCUT2D eigenvalue weighted by atomic mass is 10.1. The number of hydrogen-bond acceptors (Lipinski definition) is 2. The van der Waals surface area contributed by atoms with Gasteiger partial charge in [-0.05, 0) is 61.1 Å². The van der Waals surface area contributed by atoms with Gasteiger partial charge in [0.05, 0.1) is 3.57 Å². The predicted octanol–water partition coefficient (Wildman–Crippen LogP) is 3.48. The molecule has 0 aliphatic carbocycles. The Morgan fingerprint density at radius 2 is 2.17 bits per heavy atom. The van der Waals surface area contributed by atoms with E-state index in [1.165, 1.54) is 6.07 Å². The summed E-state index contributed by atoms with van der Waals surface area (Å²) < 4.78 is 0.737. The first-order valence-electron chi connectivity index (χ1n) is 5.82. The fourth-order valence-electron chi connectivity index (χ4n) is 1.64. The maximum absolute atomic E-state index is 12.3. The number of alkyl halides is 1. The van der Waals surface area contributed by atoms with Crippen molar-refractivity contribution in [2.45, 2.75) is 26.3 Å². The molecule has 3 nitrogen and oxygen atoms in total. The van der Waals surface area contributed by atoms with Crippen molar-refractivity contribution in [3.8, 4) is 5.75 Å². The highest BCUT2D eigenvalue weighted by Crippen LogP contribution is 2.21. The molecule has 0 spiro atoms. The number of amides is 1. The molecule has 18 heavy (non-hydrogen) atoms. The highest BCUT2D eigenvalue weighted by atomic mass is 127. The normalized spacial score (nSPS) is 10.7. The van der Waals surface area contributed by atoms with Crippen LogP contribution in [0.4, 0.5) is 0 Å². The van der Waals surface area contributed by atoms with Crippen LogP contribution in [-0.2, 0) is 0 Å². The first-order chi connectivity index (χ1) is 8.47. The van der Waals surface area contributed by atoms with Crippen LogP contribution >= 0.6 is 34.2 Å². The molecule has 0 aliphatic rings. The molecule has 0 unspecified atom stereocenters. The number of nitrogens with zero attached hydrogens (tertiary/aromatic N) is 1. The summed E-state index contributed by atoms with van der Waals surface area (Å²) in [6, 6.07) is 5.10. The van der Waals surface area contributed by atoms with Gasteiger partial charge in [-0.2, -0.15) is 0 Å². The summed E-state index contributed by atoms with van der Waals surface area (Å²) in [5.74, 6) is 0.610. The average molecular weight is 382 g/mol. The summed E-state index contributed by atoms with van der Waals surface area (Å²) >= 11 is 7.69. The van der Waals surface area contributed by atoms with E-state index in [1.807, 2.05) is 36.4 Å². The summed E-state index contributed by atoms with van der Waals surface area (Å²) in [6.07, 6.45) is 0.766. The van der Waals surface area contributed by atoms with Crippen LogP contribution in [0.2, 0.25) is 0 Å². The number of hydrogen-bond donors (Lipinski definition) is 1. The van der Waals surface area contributed by atoms with E-state index in [-0.39, 0.29) is 17.7 Å². The quantitative estimate of drug-likeness (QED) is 0.627. The summed E-state index contributed by atoms with van der Waals surface area (Å²) in [4.78, 5) is 14.1. The maximum atomic E-state index is 12.3. The highest BCUT2D eigenvalue weighted by Gasteiger charge is 2.18. The van der Waals surface area contributed by atoms with Crippen molar-refractivity contribution in [2.75, 3.05) is 12.4 Å². The van der Waals surface area contributed by atoms with E-state index < -0.39 is 0 Å². The van der Waals surface area contributed by atoms with Crippen LogP contribution in [0.1, 0.15) is 30.6 Å². The van der Waals surface area contributed by atoms with Gasteiger partial charge in [-0.25, -0.2) is 0 Å². The van der Waals surface area contributed by atoms with Crippen molar-refractivity contribution in [3.05, 3.63) is 27.3 Å². The van der Waals surface area contributed by atoms with Gasteiger partial charge in [0.1, 0.15) is 5.75 Å². The molecule has 0 heterocycles. The number of benzene rings is 1. The van der Waals surface area contributed by atoms with Crippen LogP contribution in [-0.4, -0.2) is 34.4 Å². The number of carbonyl (C=O) groups excluding carboxylic acids is 1.